The van der Waals surface area contributed by atoms with Crippen LogP contribution in [0.2, 0.25) is 0 Å². The molecule has 1 aliphatic carbocycles. The maximum absolute atomic E-state index is 5.99. The van der Waals surface area contributed by atoms with E-state index >= 15 is 0 Å². The van der Waals surface area contributed by atoms with Gasteiger partial charge in [-0.1, -0.05) is 6.92 Å². The highest BCUT2D eigenvalue weighted by molar-refractivity contribution is 6.20. The van der Waals surface area contributed by atoms with E-state index in [4.69, 9.17) is 17.3 Å². The van der Waals surface area contributed by atoms with Crippen molar-refractivity contribution in [1.82, 2.24) is 0 Å². The number of alkyl halides is 1. The number of nitrogens with two attached hydrogens (primary N) is 1. The summed E-state index contributed by atoms with van der Waals surface area (Å²) in [7, 11) is 0. The predicted molar refractivity (Wildman–Crippen MR) is 45.2 cm³/mol. The van der Waals surface area contributed by atoms with E-state index in [1.54, 1.807) is 0 Å². The molecule has 0 heterocycles. The fraction of sp³-hybridized carbons (Fsp3) is 1.00. The molecule has 0 amide bonds. The second-order valence-corrected chi connectivity index (χ2v) is 4.00. The molecule has 3 unspecified atom stereocenters. The molecule has 0 aromatic heterocycles. The first-order chi connectivity index (χ1) is 4.74. The molecule has 10 heavy (non-hydrogen) atoms. The first-order valence-electron chi connectivity index (χ1n) is 4.08. The number of hydrogen-bond donors (Lipinski definition) is 1. The SMILES string of the molecule is CC1CC(Cl)CCC1CN. The van der Waals surface area contributed by atoms with Crippen molar-refractivity contribution in [2.75, 3.05) is 6.54 Å². The van der Waals surface area contributed by atoms with E-state index in [9.17, 15) is 0 Å². The van der Waals surface area contributed by atoms with Crippen molar-refractivity contribution in [3.63, 3.8) is 0 Å². The van der Waals surface area contributed by atoms with Crippen LogP contribution in [0.1, 0.15) is 26.2 Å². The monoisotopic (exact) mass is 161 g/mol. The van der Waals surface area contributed by atoms with Gasteiger partial charge in [0, 0.05) is 5.38 Å². The lowest BCUT2D eigenvalue weighted by Crippen LogP contribution is -2.28. The van der Waals surface area contributed by atoms with Gasteiger partial charge in [0.15, 0.2) is 0 Å². The third-order valence-electron chi connectivity index (χ3n) is 2.59. The molecule has 2 N–H and O–H groups in total. The van der Waals surface area contributed by atoms with E-state index in [1.807, 2.05) is 0 Å². The zero-order valence-electron chi connectivity index (χ0n) is 6.52. The summed E-state index contributed by atoms with van der Waals surface area (Å²) < 4.78 is 0. The Morgan fingerprint density at radius 3 is 2.70 bits per heavy atom. The third-order valence-corrected chi connectivity index (χ3v) is 2.98. The molecule has 60 valence electrons. The van der Waals surface area contributed by atoms with Crippen LogP contribution >= 0.6 is 11.6 Å². The van der Waals surface area contributed by atoms with Crippen LogP contribution in [0.25, 0.3) is 0 Å². The summed E-state index contributed by atoms with van der Waals surface area (Å²) in [6.45, 7) is 3.09. The largest absolute Gasteiger partial charge is 0.330 e. The van der Waals surface area contributed by atoms with Crippen LogP contribution < -0.4 is 5.73 Å². The molecule has 0 spiro atoms. The Morgan fingerprint density at radius 2 is 2.20 bits per heavy atom. The van der Waals surface area contributed by atoms with Crippen molar-refractivity contribution in [1.29, 1.82) is 0 Å². The Bertz CT molecular complexity index is 105. The van der Waals surface area contributed by atoms with Gasteiger partial charge in [0.25, 0.3) is 0 Å². The third kappa shape index (κ3) is 1.86. The number of hydrogen-bond acceptors (Lipinski definition) is 1. The Balaban J connectivity index is 2.36. The molecular formula is C8H16ClN. The molecule has 0 bridgehead atoms. The topological polar surface area (TPSA) is 26.0 Å². The van der Waals surface area contributed by atoms with Crippen molar-refractivity contribution in [3.05, 3.63) is 0 Å². The van der Waals surface area contributed by atoms with E-state index in [0.717, 1.165) is 31.2 Å². The van der Waals surface area contributed by atoms with Gasteiger partial charge in [-0.15, -0.1) is 11.6 Å². The van der Waals surface area contributed by atoms with Crippen LogP contribution in [0.4, 0.5) is 0 Å². The highest BCUT2D eigenvalue weighted by Crippen LogP contribution is 2.31. The zero-order chi connectivity index (χ0) is 7.56. The molecule has 1 nitrogen and oxygen atoms in total. The summed E-state index contributed by atoms with van der Waals surface area (Å²) in [5, 5.41) is 0.415. The minimum absolute atomic E-state index is 0.415. The number of halogens is 1. The summed E-state index contributed by atoms with van der Waals surface area (Å²) in [6, 6.07) is 0. The average molecular weight is 162 g/mol. The second-order valence-electron chi connectivity index (χ2n) is 3.38. The van der Waals surface area contributed by atoms with Crippen molar-refractivity contribution >= 4 is 11.6 Å². The Morgan fingerprint density at radius 1 is 1.50 bits per heavy atom. The molecule has 1 aliphatic rings. The summed E-state index contributed by atoms with van der Waals surface area (Å²) in [4.78, 5) is 0. The van der Waals surface area contributed by atoms with Crippen molar-refractivity contribution in [2.45, 2.75) is 31.6 Å². The van der Waals surface area contributed by atoms with Gasteiger partial charge in [0.1, 0.15) is 0 Å². The summed E-state index contributed by atoms with van der Waals surface area (Å²) in [6.07, 6.45) is 3.54. The van der Waals surface area contributed by atoms with Gasteiger partial charge in [0.2, 0.25) is 0 Å². The predicted octanol–water partition coefficient (Wildman–Crippen LogP) is 1.99. The van der Waals surface area contributed by atoms with Gasteiger partial charge in [0.05, 0.1) is 0 Å². The smallest absolute Gasteiger partial charge is 0.0338 e. The molecule has 1 fully saturated rings. The normalized spacial score (nSPS) is 41.7. The van der Waals surface area contributed by atoms with Crippen LogP contribution in [0.3, 0.4) is 0 Å². The van der Waals surface area contributed by atoms with Gasteiger partial charge in [-0.3, -0.25) is 0 Å². The molecule has 3 atom stereocenters. The Labute approximate surface area is 67.9 Å². The highest BCUT2D eigenvalue weighted by atomic mass is 35.5. The molecule has 0 radical (unpaired) electrons. The van der Waals surface area contributed by atoms with E-state index in [1.165, 1.54) is 6.42 Å². The average Bonchev–Trinajstić information content (AvgIpc) is 1.88. The minimum atomic E-state index is 0.415. The van der Waals surface area contributed by atoms with Gasteiger partial charge < -0.3 is 5.73 Å². The summed E-state index contributed by atoms with van der Waals surface area (Å²) in [5.41, 5.74) is 5.60. The molecule has 0 aromatic rings. The van der Waals surface area contributed by atoms with Crippen molar-refractivity contribution in [2.24, 2.45) is 17.6 Å². The fourth-order valence-electron chi connectivity index (χ4n) is 1.74. The molecule has 1 saturated carbocycles. The van der Waals surface area contributed by atoms with Gasteiger partial charge >= 0.3 is 0 Å². The molecule has 1 rings (SSSR count). The molecule has 0 saturated heterocycles. The fourth-order valence-corrected chi connectivity index (χ4v) is 2.15. The lowest BCUT2D eigenvalue weighted by Gasteiger charge is -2.30. The first-order valence-corrected chi connectivity index (χ1v) is 4.51. The molecule has 0 aliphatic heterocycles. The van der Waals surface area contributed by atoms with Gasteiger partial charge in [-0.25, -0.2) is 0 Å². The van der Waals surface area contributed by atoms with E-state index in [-0.39, 0.29) is 0 Å². The van der Waals surface area contributed by atoms with E-state index in [2.05, 4.69) is 6.92 Å². The minimum Gasteiger partial charge on any atom is -0.330 e. The van der Waals surface area contributed by atoms with Crippen LogP contribution in [0, 0.1) is 11.8 Å². The molecule has 0 aromatic carbocycles. The van der Waals surface area contributed by atoms with E-state index in [0.29, 0.717) is 5.38 Å². The molecule has 2 heteroatoms. The Kier molecular flexibility index (Phi) is 2.99. The van der Waals surface area contributed by atoms with Crippen LogP contribution in [0.5, 0.6) is 0 Å². The van der Waals surface area contributed by atoms with Gasteiger partial charge in [-0.05, 0) is 37.6 Å². The lowest BCUT2D eigenvalue weighted by molar-refractivity contribution is 0.267. The number of rotatable bonds is 1. The van der Waals surface area contributed by atoms with Crippen LogP contribution in [-0.2, 0) is 0 Å². The van der Waals surface area contributed by atoms with Crippen molar-refractivity contribution < 1.29 is 0 Å². The van der Waals surface area contributed by atoms with Crippen molar-refractivity contribution in [3.8, 4) is 0 Å². The van der Waals surface area contributed by atoms with Crippen LogP contribution in [-0.4, -0.2) is 11.9 Å². The quantitative estimate of drug-likeness (QED) is 0.585. The standard InChI is InChI=1S/C8H16ClN/c1-6-4-8(9)3-2-7(6)5-10/h6-8H,2-5,10H2,1H3. The second kappa shape index (κ2) is 3.59. The lowest BCUT2D eigenvalue weighted by atomic mass is 9.80. The Hall–Kier alpha value is 0.250. The first kappa shape index (κ1) is 8.35. The summed E-state index contributed by atoms with van der Waals surface area (Å²) >= 11 is 5.99. The van der Waals surface area contributed by atoms with E-state index < -0.39 is 0 Å². The summed E-state index contributed by atoms with van der Waals surface area (Å²) in [5.74, 6) is 1.47. The maximum Gasteiger partial charge on any atom is 0.0338 e. The zero-order valence-corrected chi connectivity index (χ0v) is 7.27. The van der Waals surface area contributed by atoms with Crippen LogP contribution in [0.15, 0.2) is 0 Å². The molecular weight excluding hydrogens is 146 g/mol. The van der Waals surface area contributed by atoms with Gasteiger partial charge in [-0.2, -0.15) is 0 Å². The highest BCUT2D eigenvalue weighted by Gasteiger charge is 2.24. The maximum atomic E-state index is 5.99.